The lowest BCUT2D eigenvalue weighted by Gasteiger charge is -2.28. The van der Waals surface area contributed by atoms with E-state index in [0.717, 1.165) is 5.56 Å². The number of anilines is 2. The number of carbonyl (C=O) groups is 2. The van der Waals surface area contributed by atoms with Crippen LogP contribution in [-0.2, 0) is 21.2 Å². The molecule has 25 heavy (non-hydrogen) atoms. The minimum absolute atomic E-state index is 0.0311. The van der Waals surface area contributed by atoms with Crippen LogP contribution in [0.4, 0.5) is 16.2 Å². The summed E-state index contributed by atoms with van der Waals surface area (Å²) in [7, 11) is -4.07. The van der Waals surface area contributed by atoms with Crippen LogP contribution in [0.3, 0.4) is 0 Å². The first-order valence-corrected chi connectivity index (χ1v) is 9.18. The van der Waals surface area contributed by atoms with Gasteiger partial charge in [-0.25, -0.2) is 17.5 Å². The zero-order valence-corrected chi connectivity index (χ0v) is 14.3. The van der Waals surface area contributed by atoms with Crippen LogP contribution in [0.15, 0.2) is 53.4 Å². The fourth-order valence-electron chi connectivity index (χ4n) is 2.63. The molecule has 0 aromatic heterocycles. The number of hydrogen-bond acceptors (Lipinski definition) is 4. The largest absolute Gasteiger partial charge is 0.336 e. The van der Waals surface area contributed by atoms with E-state index >= 15 is 0 Å². The second-order valence-electron chi connectivity index (χ2n) is 5.50. The Kier molecular flexibility index (Phi) is 4.45. The Labute approximate surface area is 145 Å². The normalized spacial score (nSPS) is 15.2. The summed E-state index contributed by atoms with van der Waals surface area (Å²) in [6.45, 7) is 1.35. The molecule has 0 aliphatic carbocycles. The maximum absolute atomic E-state index is 12.6. The molecule has 0 atom stereocenters. The minimum Gasteiger partial charge on any atom is -0.324 e. The van der Waals surface area contributed by atoms with Crippen molar-refractivity contribution in [1.29, 1.82) is 0 Å². The fourth-order valence-corrected chi connectivity index (χ4v) is 4.06. The molecule has 0 bridgehead atoms. The van der Waals surface area contributed by atoms with Gasteiger partial charge in [0.1, 0.15) is 11.4 Å². The summed E-state index contributed by atoms with van der Waals surface area (Å²) >= 11 is 0. The highest BCUT2D eigenvalue weighted by molar-refractivity contribution is 7.90. The molecule has 0 unspecified atom stereocenters. The van der Waals surface area contributed by atoms with Gasteiger partial charge in [0.25, 0.3) is 10.0 Å². The smallest absolute Gasteiger partial charge is 0.324 e. The summed E-state index contributed by atoms with van der Waals surface area (Å²) < 4.78 is 25.8. The molecule has 1 heterocycles. The maximum Gasteiger partial charge on any atom is 0.336 e. The van der Waals surface area contributed by atoms with Crippen molar-refractivity contribution in [2.45, 2.75) is 18.2 Å². The molecule has 2 aromatic rings. The Bertz CT molecular complexity index is 940. The number of rotatable bonds is 4. The molecule has 0 saturated carbocycles. The van der Waals surface area contributed by atoms with E-state index < -0.39 is 28.5 Å². The monoisotopic (exact) mass is 359 g/mol. The first kappa shape index (κ1) is 17.0. The summed E-state index contributed by atoms with van der Waals surface area (Å²) in [5.41, 5.74) is 1.73. The first-order chi connectivity index (χ1) is 11.9. The number of nitrogens with zero attached hydrogens (tertiary/aromatic N) is 1. The number of nitrogens with one attached hydrogen (secondary N) is 2. The van der Waals surface area contributed by atoms with Crippen molar-refractivity contribution in [3.63, 3.8) is 0 Å². The highest BCUT2D eigenvalue weighted by Gasteiger charge is 2.37. The second kappa shape index (κ2) is 6.56. The van der Waals surface area contributed by atoms with E-state index in [1.807, 2.05) is 19.1 Å². The van der Waals surface area contributed by atoms with E-state index in [-0.39, 0.29) is 10.6 Å². The second-order valence-corrected chi connectivity index (χ2v) is 7.33. The topological polar surface area (TPSA) is 95.6 Å². The van der Waals surface area contributed by atoms with Crippen molar-refractivity contribution in [3.05, 3.63) is 54.1 Å². The van der Waals surface area contributed by atoms with Crippen LogP contribution in [-0.4, -0.2) is 31.2 Å². The Balaban J connectivity index is 1.83. The number of aryl methyl sites for hydroxylation is 1. The molecule has 3 rings (SSSR count). The number of fused-ring (bicyclic) bond motifs is 1. The van der Waals surface area contributed by atoms with Gasteiger partial charge in [0.15, 0.2) is 0 Å². The van der Waals surface area contributed by atoms with Crippen molar-refractivity contribution < 1.29 is 18.0 Å². The van der Waals surface area contributed by atoms with Gasteiger partial charge in [0.2, 0.25) is 5.91 Å². The molecule has 7 nitrogen and oxygen atoms in total. The summed E-state index contributed by atoms with van der Waals surface area (Å²) in [6, 6.07) is 12.5. The number of urea groups is 1. The average Bonchev–Trinajstić information content (AvgIpc) is 2.59. The third kappa shape index (κ3) is 3.20. The van der Waals surface area contributed by atoms with Crippen molar-refractivity contribution >= 4 is 33.3 Å². The van der Waals surface area contributed by atoms with Crippen molar-refractivity contribution in [2.75, 3.05) is 17.2 Å². The molecular formula is C17H17N3O4S. The molecular weight excluding hydrogens is 342 g/mol. The molecule has 3 amide bonds. The van der Waals surface area contributed by atoms with E-state index in [1.165, 1.54) is 12.1 Å². The van der Waals surface area contributed by atoms with Gasteiger partial charge in [-0.15, -0.1) is 0 Å². The molecule has 8 heteroatoms. The van der Waals surface area contributed by atoms with Gasteiger partial charge < -0.3 is 10.6 Å². The van der Waals surface area contributed by atoms with Gasteiger partial charge in [-0.05, 0) is 30.2 Å². The van der Waals surface area contributed by atoms with Gasteiger partial charge in [0, 0.05) is 5.69 Å². The third-order valence-electron chi connectivity index (χ3n) is 3.88. The minimum atomic E-state index is -4.07. The molecule has 0 radical (unpaired) electrons. The average molecular weight is 359 g/mol. The van der Waals surface area contributed by atoms with Gasteiger partial charge in [-0.2, -0.15) is 0 Å². The van der Waals surface area contributed by atoms with E-state index in [0.29, 0.717) is 16.4 Å². The molecule has 1 aliphatic rings. The van der Waals surface area contributed by atoms with Gasteiger partial charge in [-0.3, -0.25) is 4.79 Å². The third-order valence-corrected chi connectivity index (χ3v) is 5.67. The summed E-state index contributed by atoms with van der Waals surface area (Å²) in [5.74, 6) is -0.584. The molecule has 2 N–H and O–H groups in total. The quantitative estimate of drug-likeness (QED) is 0.876. The number of sulfonamides is 1. The van der Waals surface area contributed by atoms with E-state index in [9.17, 15) is 18.0 Å². The Morgan fingerprint density at radius 2 is 1.80 bits per heavy atom. The van der Waals surface area contributed by atoms with Crippen molar-refractivity contribution in [2.24, 2.45) is 0 Å². The van der Waals surface area contributed by atoms with Crippen LogP contribution in [0.25, 0.3) is 0 Å². The van der Waals surface area contributed by atoms with Gasteiger partial charge in [-0.1, -0.05) is 37.3 Å². The van der Waals surface area contributed by atoms with Gasteiger partial charge in [0.05, 0.1) is 5.69 Å². The van der Waals surface area contributed by atoms with E-state index in [2.05, 4.69) is 10.6 Å². The Morgan fingerprint density at radius 3 is 2.56 bits per heavy atom. The number of para-hydroxylation sites is 2. The van der Waals surface area contributed by atoms with Crippen LogP contribution in [0, 0.1) is 0 Å². The summed E-state index contributed by atoms with van der Waals surface area (Å²) in [5, 5.41) is 5.15. The van der Waals surface area contributed by atoms with Gasteiger partial charge >= 0.3 is 6.03 Å². The maximum atomic E-state index is 12.6. The molecule has 0 spiro atoms. The molecule has 130 valence electrons. The Hall–Kier alpha value is -2.87. The van der Waals surface area contributed by atoms with E-state index in [4.69, 9.17) is 0 Å². The van der Waals surface area contributed by atoms with Crippen LogP contribution in [0.5, 0.6) is 0 Å². The number of benzene rings is 2. The lowest BCUT2D eigenvalue weighted by Crippen LogP contribution is -2.47. The standard InChI is InChI=1S/C17H17N3O4S/c1-2-12-7-3-4-8-13(12)18-16(21)11-20-17(22)19-14-9-5-6-10-15(14)25(20,23)24/h3-10H,2,11H2,1H3,(H,18,21)(H,19,22). The zero-order valence-electron chi connectivity index (χ0n) is 13.5. The molecule has 0 saturated heterocycles. The molecule has 0 fully saturated rings. The fraction of sp³-hybridized carbons (Fsp3) is 0.176. The van der Waals surface area contributed by atoms with Crippen molar-refractivity contribution in [1.82, 2.24) is 4.31 Å². The highest BCUT2D eigenvalue weighted by Crippen LogP contribution is 2.29. The summed E-state index contributed by atoms with van der Waals surface area (Å²) in [4.78, 5) is 24.4. The number of carbonyl (C=O) groups excluding carboxylic acids is 2. The highest BCUT2D eigenvalue weighted by atomic mass is 32.2. The van der Waals surface area contributed by atoms with Crippen LogP contribution >= 0.6 is 0 Å². The van der Waals surface area contributed by atoms with Crippen LogP contribution in [0.1, 0.15) is 12.5 Å². The summed E-state index contributed by atoms with van der Waals surface area (Å²) in [6.07, 6.45) is 0.715. The first-order valence-electron chi connectivity index (χ1n) is 7.74. The lowest BCUT2D eigenvalue weighted by atomic mass is 10.1. The zero-order chi connectivity index (χ0) is 18.0. The van der Waals surface area contributed by atoms with Crippen molar-refractivity contribution in [3.8, 4) is 0 Å². The molecule has 2 aromatic carbocycles. The Morgan fingerprint density at radius 1 is 1.12 bits per heavy atom. The predicted molar refractivity (Wildman–Crippen MR) is 93.8 cm³/mol. The van der Waals surface area contributed by atoms with Crippen LogP contribution < -0.4 is 10.6 Å². The SMILES string of the molecule is CCc1ccccc1NC(=O)CN1C(=O)Nc2ccccc2S1(=O)=O. The predicted octanol–water partition coefficient (Wildman–Crippen LogP) is 2.42. The van der Waals surface area contributed by atoms with E-state index in [1.54, 1.807) is 24.3 Å². The van der Waals surface area contributed by atoms with Crippen LogP contribution in [0.2, 0.25) is 0 Å². The molecule has 1 aliphatic heterocycles. The lowest BCUT2D eigenvalue weighted by molar-refractivity contribution is -0.116. The number of amides is 3. The number of hydrogen-bond donors (Lipinski definition) is 2.